The predicted octanol–water partition coefficient (Wildman–Crippen LogP) is 4.11. The Hall–Kier alpha value is -5.29. The Kier molecular flexibility index (Phi) is 6.65. The minimum atomic E-state index is -0.769. The number of pyridine rings is 1. The number of aryl methyl sites for hydroxylation is 1. The number of amides is 1. The number of carbonyl (C=O) groups is 1. The smallest absolute Gasteiger partial charge is 0.267 e. The van der Waals surface area contributed by atoms with Crippen LogP contribution in [0.4, 0.5) is 14.5 Å². The second-order valence-corrected chi connectivity index (χ2v) is 8.58. The molecule has 0 fully saturated rings. The van der Waals surface area contributed by atoms with Crippen LogP contribution >= 0.6 is 0 Å². The molecule has 0 aliphatic carbocycles. The lowest BCUT2D eigenvalue weighted by atomic mass is 10.1. The summed E-state index contributed by atoms with van der Waals surface area (Å²) in [6.07, 6.45) is 8.14. The number of benzene rings is 2. The molecular formula is C28H22F2N6O3. The van der Waals surface area contributed by atoms with Crippen molar-refractivity contribution in [3.05, 3.63) is 137 Å². The second-order valence-electron chi connectivity index (χ2n) is 8.58. The molecule has 11 heteroatoms. The van der Waals surface area contributed by atoms with Gasteiger partial charge >= 0.3 is 0 Å². The van der Waals surface area contributed by atoms with Crippen molar-refractivity contribution in [2.75, 3.05) is 5.32 Å². The lowest BCUT2D eigenvalue weighted by molar-refractivity contribution is 0.102. The number of rotatable bonds is 6. The van der Waals surface area contributed by atoms with Crippen LogP contribution in [0.1, 0.15) is 16.2 Å². The number of nitrogens with zero attached hydrogens (tertiary/aromatic N) is 4. The van der Waals surface area contributed by atoms with E-state index in [9.17, 15) is 14.0 Å². The highest BCUT2D eigenvalue weighted by molar-refractivity contribution is 6.04. The van der Waals surface area contributed by atoms with E-state index in [2.05, 4.69) is 16.9 Å². The first-order valence-corrected chi connectivity index (χ1v) is 11.6. The van der Waals surface area contributed by atoms with Gasteiger partial charge in [0.1, 0.15) is 17.2 Å². The van der Waals surface area contributed by atoms with Crippen molar-refractivity contribution >= 4 is 17.2 Å². The van der Waals surface area contributed by atoms with Gasteiger partial charge in [0.15, 0.2) is 17.3 Å². The molecule has 0 spiro atoms. The molecule has 5 rings (SSSR count). The van der Waals surface area contributed by atoms with Crippen LogP contribution in [-0.4, -0.2) is 25.0 Å². The monoisotopic (exact) mass is 528 g/mol. The van der Waals surface area contributed by atoms with Gasteiger partial charge in [0, 0.05) is 54.9 Å². The van der Waals surface area contributed by atoms with E-state index in [4.69, 9.17) is 10.6 Å². The Morgan fingerprint density at radius 2 is 1.87 bits per heavy atom. The molecular weight excluding hydrogens is 506 g/mol. The van der Waals surface area contributed by atoms with E-state index in [0.29, 0.717) is 22.8 Å². The number of allylic oxidation sites excluding steroid dienone is 2. The topological polar surface area (TPSA) is 107 Å². The summed E-state index contributed by atoms with van der Waals surface area (Å²) in [5.41, 5.74) is 0.624. The number of halogens is 2. The Morgan fingerprint density at radius 1 is 1.10 bits per heavy atom. The zero-order chi connectivity index (χ0) is 27.7. The summed E-state index contributed by atoms with van der Waals surface area (Å²) in [5, 5.41) is 3.77. The zero-order valence-corrected chi connectivity index (χ0v) is 20.6. The van der Waals surface area contributed by atoms with Gasteiger partial charge < -0.3 is 14.6 Å². The van der Waals surface area contributed by atoms with Crippen LogP contribution in [0.15, 0.2) is 108 Å². The number of hydrazine groups is 1. The number of ether oxygens (including phenoxy) is 1. The molecule has 2 aromatic heterocycles. The highest BCUT2D eigenvalue weighted by Gasteiger charge is 2.21. The van der Waals surface area contributed by atoms with Gasteiger partial charge in [-0.3, -0.25) is 19.2 Å². The maximum absolute atomic E-state index is 15.0. The van der Waals surface area contributed by atoms with Crippen LogP contribution in [0.3, 0.4) is 0 Å². The number of nitrogens with two attached hydrogens (primary N) is 1. The third-order valence-electron chi connectivity index (χ3n) is 5.95. The first-order valence-electron chi connectivity index (χ1n) is 11.6. The number of hydrogen-bond acceptors (Lipinski definition) is 6. The molecule has 0 radical (unpaired) electrons. The zero-order valence-electron chi connectivity index (χ0n) is 20.6. The van der Waals surface area contributed by atoms with Crippen LogP contribution in [-0.2, 0) is 7.05 Å². The summed E-state index contributed by atoms with van der Waals surface area (Å²) in [7, 11) is 1.82. The van der Waals surface area contributed by atoms with Crippen molar-refractivity contribution in [1.29, 1.82) is 0 Å². The summed E-state index contributed by atoms with van der Waals surface area (Å²) < 4.78 is 37.0. The molecule has 196 valence electrons. The minimum Gasteiger partial charge on any atom is -0.452 e. The van der Waals surface area contributed by atoms with Crippen LogP contribution in [0.5, 0.6) is 5.75 Å². The third kappa shape index (κ3) is 5.11. The van der Waals surface area contributed by atoms with Crippen molar-refractivity contribution in [1.82, 2.24) is 19.1 Å². The molecule has 0 unspecified atom stereocenters. The van der Waals surface area contributed by atoms with E-state index in [1.54, 1.807) is 29.2 Å². The molecule has 1 amide bonds. The van der Waals surface area contributed by atoms with Crippen molar-refractivity contribution in [3.8, 4) is 11.4 Å². The van der Waals surface area contributed by atoms with Crippen molar-refractivity contribution in [2.45, 2.75) is 0 Å². The predicted molar refractivity (Wildman–Crippen MR) is 141 cm³/mol. The van der Waals surface area contributed by atoms with E-state index < -0.39 is 23.1 Å². The van der Waals surface area contributed by atoms with Gasteiger partial charge in [0.05, 0.1) is 5.70 Å². The van der Waals surface area contributed by atoms with Crippen LogP contribution in [0, 0.1) is 11.6 Å². The maximum atomic E-state index is 15.0. The number of hydrogen-bond donors (Lipinski definition) is 2. The molecule has 3 heterocycles. The van der Waals surface area contributed by atoms with Crippen LogP contribution < -0.4 is 21.5 Å². The van der Waals surface area contributed by atoms with Crippen molar-refractivity contribution in [3.63, 3.8) is 0 Å². The Bertz CT molecular complexity index is 1720. The van der Waals surface area contributed by atoms with Gasteiger partial charge in [-0.2, -0.15) is 0 Å². The van der Waals surface area contributed by atoms with Gasteiger partial charge in [-0.05, 0) is 54.6 Å². The Balaban J connectivity index is 1.35. The molecule has 0 bridgehead atoms. The molecule has 2 aromatic carbocycles. The lowest BCUT2D eigenvalue weighted by Gasteiger charge is -2.25. The quantitative estimate of drug-likeness (QED) is 0.365. The standard InChI is InChI=1S/C28H22F2N6O3/c1-17-25(14-18(16-36(17)31)26-32-11-13-34(26)2)39-24-10-7-20(15-23(24)30)33-27(37)22-4-3-12-35(28(22)38)21-8-5-19(29)6-9-21/h3-16H,1,31H2,2H3,(H,33,37). The molecule has 1 aliphatic heterocycles. The first-order chi connectivity index (χ1) is 18.7. The molecule has 3 N–H and O–H groups in total. The van der Waals surface area contributed by atoms with Gasteiger partial charge in [-0.1, -0.05) is 6.58 Å². The second kappa shape index (κ2) is 10.2. The van der Waals surface area contributed by atoms with Gasteiger partial charge in [0.25, 0.3) is 11.5 Å². The van der Waals surface area contributed by atoms with Crippen molar-refractivity contribution < 1.29 is 18.3 Å². The summed E-state index contributed by atoms with van der Waals surface area (Å²) in [4.78, 5) is 30.0. The summed E-state index contributed by atoms with van der Waals surface area (Å²) in [6.45, 7) is 3.88. The molecule has 0 saturated heterocycles. The SMILES string of the molecule is C=C1C(Oc2ccc(NC(=O)c3cccn(-c4ccc(F)cc4)c3=O)cc2F)=CC(c2nccn2C)=CN1N. The average Bonchev–Trinajstić information content (AvgIpc) is 3.34. The fraction of sp³-hybridized carbons (Fsp3) is 0.0357. The molecule has 39 heavy (non-hydrogen) atoms. The molecule has 1 aliphatic rings. The average molecular weight is 529 g/mol. The Labute approximate surface area is 221 Å². The molecule has 0 atom stereocenters. The van der Waals surface area contributed by atoms with E-state index >= 15 is 4.39 Å². The van der Waals surface area contributed by atoms with Crippen LogP contribution in [0.25, 0.3) is 11.3 Å². The van der Waals surface area contributed by atoms with E-state index in [0.717, 1.165) is 6.07 Å². The largest absolute Gasteiger partial charge is 0.452 e. The number of nitrogens with one attached hydrogen (secondary N) is 1. The molecule has 4 aromatic rings. The Morgan fingerprint density at radius 3 is 2.56 bits per heavy atom. The highest BCUT2D eigenvalue weighted by atomic mass is 19.1. The fourth-order valence-electron chi connectivity index (χ4n) is 3.92. The molecule has 0 saturated carbocycles. The lowest BCUT2D eigenvalue weighted by Crippen LogP contribution is -2.29. The summed E-state index contributed by atoms with van der Waals surface area (Å²) >= 11 is 0. The first kappa shape index (κ1) is 25.4. The summed E-state index contributed by atoms with van der Waals surface area (Å²) in [5.74, 6) is 4.76. The number of imidazole rings is 1. The van der Waals surface area contributed by atoms with Gasteiger partial charge in [-0.25, -0.2) is 19.6 Å². The number of aromatic nitrogens is 3. The van der Waals surface area contributed by atoms with E-state index in [1.165, 1.54) is 64.3 Å². The van der Waals surface area contributed by atoms with Gasteiger partial charge in [0.2, 0.25) is 0 Å². The normalized spacial score (nSPS) is 13.1. The minimum absolute atomic E-state index is 0.104. The van der Waals surface area contributed by atoms with E-state index in [1.807, 2.05) is 7.05 Å². The van der Waals surface area contributed by atoms with Crippen LogP contribution in [0.2, 0.25) is 0 Å². The fourth-order valence-corrected chi connectivity index (χ4v) is 3.92. The van der Waals surface area contributed by atoms with Gasteiger partial charge in [-0.15, -0.1) is 0 Å². The van der Waals surface area contributed by atoms with Crippen molar-refractivity contribution in [2.24, 2.45) is 12.9 Å². The summed E-state index contributed by atoms with van der Waals surface area (Å²) in [6, 6.07) is 11.9. The molecule has 9 nitrogen and oxygen atoms in total. The van der Waals surface area contributed by atoms with E-state index in [-0.39, 0.29) is 22.8 Å². The number of carbonyl (C=O) groups excluding carboxylic acids is 1. The number of anilines is 1. The third-order valence-corrected chi connectivity index (χ3v) is 5.95. The maximum Gasteiger partial charge on any atom is 0.267 e. The highest BCUT2D eigenvalue weighted by Crippen LogP contribution is 2.30.